The summed E-state index contributed by atoms with van der Waals surface area (Å²) in [5, 5.41) is 41.0. The van der Waals surface area contributed by atoms with Crippen LogP contribution in [0.25, 0.3) is 21.9 Å². The summed E-state index contributed by atoms with van der Waals surface area (Å²) < 4.78 is 16.3. The van der Waals surface area contributed by atoms with Crippen LogP contribution in [-0.2, 0) is 4.79 Å². The highest BCUT2D eigenvalue weighted by Gasteiger charge is 2.33. The van der Waals surface area contributed by atoms with E-state index in [1.807, 2.05) is 0 Å². The second-order valence-electron chi connectivity index (χ2n) is 7.31. The number of benzene rings is 1. The van der Waals surface area contributed by atoms with Crippen LogP contribution in [0, 0.1) is 0 Å². The van der Waals surface area contributed by atoms with E-state index in [0.29, 0.717) is 22.1 Å². The van der Waals surface area contributed by atoms with E-state index in [2.05, 4.69) is 0 Å². The van der Waals surface area contributed by atoms with Crippen LogP contribution in [-0.4, -0.2) is 50.8 Å². The molecule has 2 heterocycles. The molecule has 0 amide bonds. The lowest BCUT2D eigenvalue weighted by Gasteiger charge is -2.30. The number of fused-ring (bicyclic) bond motifs is 2. The molecule has 9 heteroatoms. The number of carbonyl (C=O) groups is 1. The smallest absolute Gasteiger partial charge is 0.336 e. The van der Waals surface area contributed by atoms with E-state index < -0.39 is 29.4 Å². The van der Waals surface area contributed by atoms with Crippen LogP contribution < -0.4 is 10.4 Å². The van der Waals surface area contributed by atoms with Crippen molar-refractivity contribution in [3.63, 3.8) is 0 Å². The summed E-state index contributed by atoms with van der Waals surface area (Å²) in [6, 6.07) is 5.97. The molecule has 0 aliphatic heterocycles. The summed E-state index contributed by atoms with van der Waals surface area (Å²) in [5.74, 6) is -0.888. The standard InChI is InChI=1S/C21H22O9/c1-11(20(25)26)7-12(22)9-21(2,27)17(23)10-29-19-13-3-4-18(24)30-16(13)8-15-14(19)5-6-28-15/h3-8,12,17,22-23,27H,9-10H2,1-2H3,(H,25,26)/t12-,17-,21-/m1/s1. The number of rotatable bonds is 8. The number of carboxylic acids is 1. The molecule has 2 aromatic heterocycles. The Morgan fingerprint density at radius 2 is 1.93 bits per heavy atom. The zero-order valence-electron chi connectivity index (χ0n) is 16.4. The van der Waals surface area contributed by atoms with Gasteiger partial charge in [-0.2, -0.15) is 0 Å². The van der Waals surface area contributed by atoms with Gasteiger partial charge in [0, 0.05) is 24.1 Å². The molecule has 0 radical (unpaired) electrons. The Kier molecular flexibility index (Phi) is 5.97. The molecule has 0 bridgehead atoms. The van der Waals surface area contributed by atoms with E-state index in [4.69, 9.17) is 18.7 Å². The second-order valence-corrected chi connectivity index (χ2v) is 7.31. The van der Waals surface area contributed by atoms with Crippen molar-refractivity contribution < 1.29 is 38.8 Å². The molecule has 0 unspecified atom stereocenters. The predicted octanol–water partition coefficient (Wildman–Crippen LogP) is 1.81. The lowest BCUT2D eigenvalue weighted by atomic mass is 9.91. The Labute approximate surface area is 170 Å². The van der Waals surface area contributed by atoms with Gasteiger partial charge in [-0.05, 0) is 32.1 Å². The number of furan rings is 1. The first-order chi connectivity index (χ1) is 14.1. The number of aliphatic hydroxyl groups is 3. The van der Waals surface area contributed by atoms with Gasteiger partial charge in [-0.25, -0.2) is 9.59 Å². The summed E-state index contributed by atoms with van der Waals surface area (Å²) in [5.41, 5.74) is -1.74. The van der Waals surface area contributed by atoms with Crippen molar-refractivity contribution in [3.05, 3.63) is 52.6 Å². The molecule has 4 N–H and O–H groups in total. The van der Waals surface area contributed by atoms with Gasteiger partial charge < -0.3 is 34.0 Å². The lowest BCUT2D eigenvalue weighted by Crippen LogP contribution is -2.45. The fraction of sp³-hybridized carbons (Fsp3) is 0.333. The molecule has 0 saturated carbocycles. The molecule has 0 saturated heterocycles. The minimum Gasteiger partial charge on any atom is -0.489 e. The van der Waals surface area contributed by atoms with Crippen LogP contribution in [0.2, 0.25) is 0 Å². The summed E-state index contributed by atoms with van der Waals surface area (Å²) in [7, 11) is 0. The van der Waals surface area contributed by atoms with Gasteiger partial charge in [0.05, 0.1) is 28.7 Å². The molecule has 3 atom stereocenters. The molecule has 3 rings (SSSR count). The van der Waals surface area contributed by atoms with Crippen LogP contribution in [0.15, 0.2) is 55.8 Å². The Bertz CT molecular complexity index is 1150. The number of hydrogen-bond donors (Lipinski definition) is 4. The van der Waals surface area contributed by atoms with Gasteiger partial charge in [0.1, 0.15) is 29.6 Å². The summed E-state index contributed by atoms with van der Waals surface area (Å²) in [6.07, 6.45) is -0.481. The molecule has 0 aliphatic carbocycles. The van der Waals surface area contributed by atoms with Crippen molar-refractivity contribution in [2.75, 3.05) is 6.61 Å². The first-order valence-electron chi connectivity index (χ1n) is 9.15. The van der Waals surface area contributed by atoms with Crippen LogP contribution >= 0.6 is 0 Å². The first-order valence-corrected chi connectivity index (χ1v) is 9.15. The predicted molar refractivity (Wildman–Crippen MR) is 106 cm³/mol. The topological polar surface area (TPSA) is 151 Å². The largest absolute Gasteiger partial charge is 0.489 e. The fourth-order valence-corrected chi connectivity index (χ4v) is 3.09. The Morgan fingerprint density at radius 3 is 2.63 bits per heavy atom. The molecular weight excluding hydrogens is 396 g/mol. The van der Waals surface area contributed by atoms with Gasteiger partial charge in [0.2, 0.25) is 0 Å². The molecule has 1 aromatic carbocycles. The van der Waals surface area contributed by atoms with Crippen LogP contribution in [0.4, 0.5) is 0 Å². The maximum absolute atomic E-state index is 11.5. The summed E-state index contributed by atoms with van der Waals surface area (Å²) >= 11 is 0. The van der Waals surface area contributed by atoms with Crippen molar-refractivity contribution in [2.45, 2.75) is 38.1 Å². The maximum atomic E-state index is 11.5. The fourth-order valence-electron chi connectivity index (χ4n) is 3.09. The molecule has 3 aromatic rings. The highest BCUT2D eigenvalue weighted by molar-refractivity contribution is 6.01. The van der Waals surface area contributed by atoms with E-state index in [0.717, 1.165) is 6.08 Å². The van der Waals surface area contributed by atoms with Crippen molar-refractivity contribution in [2.24, 2.45) is 0 Å². The van der Waals surface area contributed by atoms with Crippen molar-refractivity contribution in [1.29, 1.82) is 0 Å². The van der Waals surface area contributed by atoms with Crippen LogP contribution in [0.1, 0.15) is 20.3 Å². The monoisotopic (exact) mass is 418 g/mol. The molecule has 0 fully saturated rings. The number of aliphatic carboxylic acids is 1. The number of hydrogen-bond acceptors (Lipinski definition) is 8. The van der Waals surface area contributed by atoms with Gasteiger partial charge in [0.25, 0.3) is 0 Å². The maximum Gasteiger partial charge on any atom is 0.336 e. The Balaban J connectivity index is 1.81. The van der Waals surface area contributed by atoms with Crippen molar-refractivity contribution in [1.82, 2.24) is 0 Å². The van der Waals surface area contributed by atoms with Gasteiger partial charge in [0.15, 0.2) is 0 Å². The Hall–Kier alpha value is -3.14. The average Bonchev–Trinajstić information content (AvgIpc) is 3.12. The number of ether oxygens (including phenoxy) is 1. The lowest BCUT2D eigenvalue weighted by molar-refractivity contribution is -0.132. The Morgan fingerprint density at radius 1 is 1.23 bits per heavy atom. The molecule has 0 spiro atoms. The second kappa shape index (κ2) is 8.31. The van der Waals surface area contributed by atoms with Crippen LogP contribution in [0.5, 0.6) is 5.75 Å². The SMILES string of the molecule is CC(=C[C@@H](O)C[C@@](C)(O)[C@H](O)COc1c2ccoc2cc2oc(=O)ccc12)C(=O)O. The van der Waals surface area contributed by atoms with E-state index >= 15 is 0 Å². The molecule has 30 heavy (non-hydrogen) atoms. The highest BCUT2D eigenvalue weighted by atomic mass is 16.5. The van der Waals surface area contributed by atoms with Crippen LogP contribution in [0.3, 0.4) is 0 Å². The molecule has 0 aliphatic rings. The van der Waals surface area contributed by atoms with Crippen molar-refractivity contribution >= 4 is 27.9 Å². The van der Waals surface area contributed by atoms with E-state index in [-0.39, 0.29) is 24.2 Å². The highest BCUT2D eigenvalue weighted by Crippen LogP contribution is 2.35. The summed E-state index contributed by atoms with van der Waals surface area (Å²) in [6.45, 7) is 2.28. The molecule has 9 nitrogen and oxygen atoms in total. The van der Waals surface area contributed by atoms with Gasteiger partial charge in [-0.1, -0.05) is 0 Å². The quantitative estimate of drug-likeness (QED) is 0.317. The summed E-state index contributed by atoms with van der Waals surface area (Å²) in [4.78, 5) is 22.4. The minimum absolute atomic E-state index is 0.0800. The third-order valence-electron chi connectivity index (χ3n) is 4.81. The minimum atomic E-state index is -1.78. The zero-order valence-corrected chi connectivity index (χ0v) is 16.4. The van der Waals surface area contributed by atoms with Crippen molar-refractivity contribution in [3.8, 4) is 5.75 Å². The van der Waals surface area contributed by atoms with E-state index in [1.54, 1.807) is 12.1 Å². The van der Waals surface area contributed by atoms with Gasteiger partial charge >= 0.3 is 11.6 Å². The molecular formula is C21H22O9. The van der Waals surface area contributed by atoms with Gasteiger partial charge in [-0.3, -0.25) is 0 Å². The normalized spacial score (nSPS) is 16.4. The third kappa shape index (κ3) is 4.54. The van der Waals surface area contributed by atoms with E-state index in [1.165, 1.54) is 32.2 Å². The number of carboxylic acid groups (broad SMARTS) is 1. The third-order valence-corrected chi connectivity index (χ3v) is 4.81. The molecule has 160 valence electrons. The first kappa shape index (κ1) is 21.6. The zero-order chi connectivity index (χ0) is 22.1. The number of aliphatic hydroxyl groups excluding tert-OH is 2. The van der Waals surface area contributed by atoms with Gasteiger partial charge in [-0.15, -0.1) is 0 Å². The van der Waals surface area contributed by atoms with E-state index in [9.17, 15) is 24.9 Å². The average molecular weight is 418 g/mol.